The fourth-order valence-electron chi connectivity index (χ4n) is 3.36. The summed E-state index contributed by atoms with van der Waals surface area (Å²) in [5.74, 6) is -1.52. The second-order valence-electron chi connectivity index (χ2n) is 7.39. The molecule has 0 bridgehead atoms. The minimum absolute atomic E-state index is 0.393. The zero-order valence-electron chi connectivity index (χ0n) is 16.0. The summed E-state index contributed by atoms with van der Waals surface area (Å²) >= 11 is 1.38. The molecule has 2 aromatic rings. The van der Waals surface area contributed by atoms with Crippen LogP contribution in [0, 0.1) is 0 Å². The number of esters is 1. The van der Waals surface area contributed by atoms with Crippen molar-refractivity contribution >= 4 is 34.1 Å². The van der Waals surface area contributed by atoms with Gasteiger partial charge in [0.2, 0.25) is 0 Å². The van der Waals surface area contributed by atoms with E-state index in [1.807, 2.05) is 30.3 Å². The van der Waals surface area contributed by atoms with Gasteiger partial charge in [0.25, 0.3) is 11.8 Å². The van der Waals surface area contributed by atoms with E-state index in [2.05, 4.69) is 5.32 Å². The van der Waals surface area contributed by atoms with Crippen molar-refractivity contribution in [1.82, 2.24) is 0 Å². The predicted molar refractivity (Wildman–Crippen MR) is 109 cm³/mol. The lowest BCUT2D eigenvalue weighted by atomic mass is 9.85. The van der Waals surface area contributed by atoms with Crippen LogP contribution in [0.1, 0.15) is 53.1 Å². The first-order chi connectivity index (χ1) is 13.3. The number of amides is 2. The van der Waals surface area contributed by atoms with E-state index in [9.17, 15) is 14.4 Å². The second-order valence-corrected chi connectivity index (χ2v) is 8.50. The molecule has 3 rings (SSSR count). The maximum Gasteiger partial charge on any atom is 0.316 e. The third-order valence-corrected chi connectivity index (χ3v) is 6.22. The Balaban J connectivity index is 1.66. The van der Waals surface area contributed by atoms with Crippen molar-refractivity contribution in [2.45, 2.75) is 44.9 Å². The predicted octanol–water partition coefficient (Wildman–Crippen LogP) is 3.19. The summed E-state index contributed by atoms with van der Waals surface area (Å²) in [5, 5.41) is 3.14. The number of thiophene rings is 1. The number of fused-ring (bicyclic) bond motifs is 1. The van der Waals surface area contributed by atoms with E-state index in [0.717, 1.165) is 41.7 Å². The second kappa shape index (κ2) is 8.14. The van der Waals surface area contributed by atoms with Crippen molar-refractivity contribution in [2.24, 2.45) is 5.73 Å². The van der Waals surface area contributed by atoms with Crippen LogP contribution in [0.15, 0.2) is 30.3 Å². The smallest absolute Gasteiger partial charge is 0.316 e. The minimum Gasteiger partial charge on any atom is -0.455 e. The molecule has 1 aliphatic carbocycles. The lowest BCUT2D eigenvalue weighted by Gasteiger charge is -2.22. The van der Waals surface area contributed by atoms with Crippen LogP contribution in [-0.4, -0.2) is 24.4 Å². The fraction of sp³-hybridized carbons (Fsp3) is 0.381. The van der Waals surface area contributed by atoms with Crippen molar-refractivity contribution in [1.29, 1.82) is 0 Å². The van der Waals surface area contributed by atoms with Crippen LogP contribution in [0.4, 0.5) is 5.00 Å². The molecule has 1 heterocycles. The number of ether oxygens (including phenoxy) is 1. The monoisotopic (exact) mass is 400 g/mol. The highest BCUT2D eigenvalue weighted by Gasteiger charge is 2.32. The van der Waals surface area contributed by atoms with Crippen LogP contribution >= 0.6 is 11.3 Å². The summed E-state index contributed by atoms with van der Waals surface area (Å²) < 4.78 is 5.24. The maximum absolute atomic E-state index is 12.5. The number of nitrogens with one attached hydrogen (secondary N) is 1. The number of benzene rings is 1. The van der Waals surface area contributed by atoms with Gasteiger partial charge in [-0.3, -0.25) is 14.4 Å². The first-order valence-electron chi connectivity index (χ1n) is 9.27. The van der Waals surface area contributed by atoms with Gasteiger partial charge in [0, 0.05) is 4.88 Å². The van der Waals surface area contributed by atoms with E-state index in [1.165, 1.54) is 11.3 Å². The summed E-state index contributed by atoms with van der Waals surface area (Å²) in [5.41, 5.74) is 6.81. The summed E-state index contributed by atoms with van der Waals surface area (Å²) in [6.45, 7) is 3.08. The van der Waals surface area contributed by atoms with E-state index < -0.39 is 29.8 Å². The molecule has 0 spiro atoms. The Hall–Kier alpha value is -2.67. The molecular weight excluding hydrogens is 376 g/mol. The molecule has 0 unspecified atom stereocenters. The number of anilines is 1. The molecule has 0 fully saturated rings. The Morgan fingerprint density at radius 2 is 1.82 bits per heavy atom. The van der Waals surface area contributed by atoms with Crippen LogP contribution in [0.5, 0.6) is 0 Å². The Morgan fingerprint density at radius 1 is 1.14 bits per heavy atom. The molecule has 3 N–H and O–H groups in total. The molecule has 28 heavy (non-hydrogen) atoms. The number of aryl methyl sites for hydroxylation is 1. The molecule has 0 saturated carbocycles. The first kappa shape index (κ1) is 20.1. The summed E-state index contributed by atoms with van der Waals surface area (Å²) in [4.78, 5) is 37.8. The van der Waals surface area contributed by atoms with Crippen molar-refractivity contribution in [2.75, 3.05) is 11.9 Å². The number of carbonyl (C=O) groups excluding carboxylic acids is 3. The van der Waals surface area contributed by atoms with Gasteiger partial charge >= 0.3 is 5.97 Å². The molecule has 0 atom stereocenters. The average Bonchev–Trinajstić information content (AvgIpc) is 3.04. The van der Waals surface area contributed by atoms with Crippen LogP contribution in [-0.2, 0) is 32.6 Å². The Kier molecular flexibility index (Phi) is 5.84. The Labute approximate surface area is 168 Å². The lowest BCUT2D eigenvalue weighted by Crippen LogP contribution is -2.33. The minimum atomic E-state index is -0.873. The SMILES string of the molecule is CC(C)(C(=O)OCC(=O)Nc1sc2c(c1C(N)=O)CCCC2)c1ccccc1. The molecular formula is C21H24N2O4S. The number of hydrogen-bond acceptors (Lipinski definition) is 5. The van der Waals surface area contributed by atoms with Crippen LogP contribution < -0.4 is 11.1 Å². The van der Waals surface area contributed by atoms with Crippen molar-refractivity contribution in [3.05, 3.63) is 51.9 Å². The van der Waals surface area contributed by atoms with Gasteiger partial charge in [0.15, 0.2) is 6.61 Å². The van der Waals surface area contributed by atoms with Crippen molar-refractivity contribution in [3.8, 4) is 0 Å². The average molecular weight is 401 g/mol. The van der Waals surface area contributed by atoms with Gasteiger partial charge in [-0.2, -0.15) is 0 Å². The molecule has 1 aromatic carbocycles. The zero-order chi connectivity index (χ0) is 20.3. The molecule has 7 heteroatoms. The molecule has 0 aliphatic heterocycles. The Bertz CT molecular complexity index is 903. The van der Waals surface area contributed by atoms with Crippen molar-refractivity contribution in [3.63, 3.8) is 0 Å². The van der Waals surface area contributed by atoms with Gasteiger partial charge < -0.3 is 15.8 Å². The zero-order valence-corrected chi connectivity index (χ0v) is 16.9. The standard InChI is InChI=1S/C21H24N2O4S/c1-21(2,13-8-4-3-5-9-13)20(26)27-12-16(24)23-19-17(18(22)25)14-10-6-7-11-15(14)28-19/h3-5,8-9H,6-7,10-12H2,1-2H3,(H2,22,25)(H,23,24). The highest BCUT2D eigenvalue weighted by molar-refractivity contribution is 7.17. The fourth-order valence-corrected chi connectivity index (χ4v) is 4.67. The normalized spacial score (nSPS) is 13.5. The van der Waals surface area contributed by atoms with Crippen molar-refractivity contribution < 1.29 is 19.1 Å². The van der Waals surface area contributed by atoms with Gasteiger partial charge in [0.05, 0.1) is 11.0 Å². The van der Waals surface area contributed by atoms with E-state index in [0.29, 0.717) is 10.6 Å². The van der Waals surface area contributed by atoms with E-state index in [4.69, 9.17) is 10.5 Å². The van der Waals surface area contributed by atoms with Gasteiger partial charge in [-0.1, -0.05) is 30.3 Å². The third-order valence-electron chi connectivity index (χ3n) is 5.01. The van der Waals surface area contributed by atoms with E-state index >= 15 is 0 Å². The van der Waals surface area contributed by atoms with Crippen LogP contribution in [0.2, 0.25) is 0 Å². The number of hydrogen-bond donors (Lipinski definition) is 2. The molecule has 0 radical (unpaired) electrons. The topological polar surface area (TPSA) is 98.5 Å². The molecule has 6 nitrogen and oxygen atoms in total. The number of rotatable bonds is 6. The van der Waals surface area contributed by atoms with E-state index in [1.54, 1.807) is 13.8 Å². The third kappa shape index (κ3) is 4.09. The van der Waals surface area contributed by atoms with Gasteiger partial charge in [0.1, 0.15) is 5.00 Å². The molecule has 1 aliphatic rings. The molecule has 1 aromatic heterocycles. The quantitative estimate of drug-likeness (QED) is 0.728. The number of carbonyl (C=O) groups is 3. The first-order valence-corrected chi connectivity index (χ1v) is 10.1. The largest absolute Gasteiger partial charge is 0.455 e. The highest BCUT2D eigenvalue weighted by Crippen LogP contribution is 2.37. The van der Waals surface area contributed by atoms with E-state index in [-0.39, 0.29) is 0 Å². The summed E-state index contributed by atoms with van der Waals surface area (Å²) in [6, 6.07) is 9.25. The van der Waals surface area contributed by atoms with Gasteiger partial charge in [-0.15, -0.1) is 11.3 Å². The lowest BCUT2D eigenvalue weighted by molar-refractivity contribution is -0.152. The summed E-state index contributed by atoms with van der Waals surface area (Å²) in [7, 11) is 0. The van der Waals surface area contributed by atoms with Gasteiger partial charge in [-0.05, 0) is 50.7 Å². The van der Waals surface area contributed by atoms with Crippen LogP contribution in [0.3, 0.4) is 0 Å². The highest BCUT2D eigenvalue weighted by atomic mass is 32.1. The molecule has 0 saturated heterocycles. The Morgan fingerprint density at radius 3 is 2.50 bits per heavy atom. The number of nitrogens with two attached hydrogens (primary N) is 1. The van der Waals surface area contributed by atoms with Gasteiger partial charge in [-0.25, -0.2) is 0 Å². The molecule has 148 valence electrons. The molecule has 2 amide bonds. The van der Waals surface area contributed by atoms with Crippen LogP contribution in [0.25, 0.3) is 0 Å². The maximum atomic E-state index is 12.5. The summed E-state index contributed by atoms with van der Waals surface area (Å²) in [6.07, 6.45) is 3.74. The number of primary amides is 1.